The van der Waals surface area contributed by atoms with Gasteiger partial charge in [0.2, 0.25) is 0 Å². The summed E-state index contributed by atoms with van der Waals surface area (Å²) in [6.45, 7) is 0. The summed E-state index contributed by atoms with van der Waals surface area (Å²) in [5.41, 5.74) is 0.680. The number of carbonyl (C=O) groups is 2. The number of esters is 2. The third-order valence-corrected chi connectivity index (χ3v) is 3.67. The van der Waals surface area contributed by atoms with Crippen LogP contribution < -0.4 is 14.2 Å². The molecule has 0 unspecified atom stereocenters. The van der Waals surface area contributed by atoms with E-state index in [2.05, 4.69) is 0 Å². The summed E-state index contributed by atoms with van der Waals surface area (Å²) in [6, 6.07) is 18.4. The largest absolute Gasteiger partial charge is 0.508 e. The first-order valence-electron chi connectivity index (χ1n) is 8.02. The van der Waals surface area contributed by atoms with Gasteiger partial charge in [0.25, 0.3) is 0 Å². The van der Waals surface area contributed by atoms with E-state index < -0.39 is 11.9 Å². The Morgan fingerprint density at radius 2 is 1.00 bits per heavy atom. The molecule has 3 rings (SSSR count). The number of phenolic OH excluding ortho intramolecular Hbond substituents is 1. The highest BCUT2D eigenvalue weighted by Crippen LogP contribution is 2.19. The zero-order chi connectivity index (χ0) is 19.2. The Bertz CT molecular complexity index is 928. The van der Waals surface area contributed by atoms with E-state index in [0.29, 0.717) is 28.4 Å². The minimum Gasteiger partial charge on any atom is -0.508 e. The average Bonchev–Trinajstić information content (AvgIpc) is 2.70. The highest BCUT2D eigenvalue weighted by Gasteiger charge is 2.12. The van der Waals surface area contributed by atoms with Crippen LogP contribution in [0.25, 0.3) is 0 Å². The number of carbonyl (C=O) groups excluding carboxylic acids is 2. The van der Waals surface area contributed by atoms with Gasteiger partial charge in [-0.25, -0.2) is 9.59 Å². The molecule has 27 heavy (non-hydrogen) atoms. The number of hydrogen-bond acceptors (Lipinski definition) is 6. The first kappa shape index (κ1) is 18.0. The van der Waals surface area contributed by atoms with Crippen molar-refractivity contribution in [2.45, 2.75) is 0 Å². The van der Waals surface area contributed by atoms with Gasteiger partial charge in [-0.05, 0) is 72.8 Å². The molecule has 0 spiro atoms. The first-order valence-corrected chi connectivity index (χ1v) is 8.02. The Hall–Kier alpha value is -3.80. The van der Waals surface area contributed by atoms with Crippen LogP contribution in [0, 0.1) is 0 Å². The van der Waals surface area contributed by atoms with Crippen LogP contribution >= 0.6 is 0 Å². The number of rotatable bonds is 5. The molecule has 0 atom stereocenters. The maximum Gasteiger partial charge on any atom is 0.343 e. The van der Waals surface area contributed by atoms with Gasteiger partial charge in [0.05, 0.1) is 18.2 Å². The number of hydrogen-bond donors (Lipinski definition) is 1. The second-order valence-electron chi connectivity index (χ2n) is 5.53. The maximum atomic E-state index is 12.1. The van der Waals surface area contributed by atoms with Crippen LogP contribution in [0.5, 0.6) is 23.0 Å². The van der Waals surface area contributed by atoms with Crippen LogP contribution in [0.3, 0.4) is 0 Å². The van der Waals surface area contributed by atoms with Crippen LogP contribution in [-0.4, -0.2) is 24.2 Å². The van der Waals surface area contributed by atoms with Gasteiger partial charge in [0, 0.05) is 0 Å². The standard InChI is InChI=1S/C21H16O6/c1-25-17-8-2-14(3-9-17)20(23)26-18-10-4-15(5-11-18)21(24)27-19-12-6-16(22)7-13-19/h2-13,22H,1H3. The predicted molar refractivity (Wildman–Crippen MR) is 97.5 cm³/mol. The fraction of sp³-hybridized carbons (Fsp3) is 0.0476. The summed E-state index contributed by atoms with van der Waals surface area (Å²) in [6.07, 6.45) is 0. The Labute approximate surface area is 155 Å². The van der Waals surface area contributed by atoms with Crippen molar-refractivity contribution in [1.82, 2.24) is 0 Å². The second-order valence-corrected chi connectivity index (χ2v) is 5.53. The van der Waals surface area contributed by atoms with Gasteiger partial charge in [-0.2, -0.15) is 0 Å². The molecule has 0 aliphatic carbocycles. The van der Waals surface area contributed by atoms with Gasteiger partial charge in [0.15, 0.2) is 0 Å². The smallest absolute Gasteiger partial charge is 0.343 e. The fourth-order valence-corrected chi connectivity index (χ4v) is 2.23. The lowest BCUT2D eigenvalue weighted by Gasteiger charge is -2.07. The lowest BCUT2D eigenvalue weighted by Crippen LogP contribution is -2.10. The zero-order valence-electron chi connectivity index (χ0n) is 14.4. The number of ether oxygens (including phenoxy) is 3. The minimum absolute atomic E-state index is 0.0813. The molecule has 0 fully saturated rings. The molecule has 6 nitrogen and oxygen atoms in total. The molecule has 3 aromatic carbocycles. The Morgan fingerprint density at radius 1 is 0.630 bits per heavy atom. The SMILES string of the molecule is COc1ccc(C(=O)Oc2ccc(C(=O)Oc3ccc(O)cc3)cc2)cc1. The summed E-state index contributed by atoms with van der Waals surface area (Å²) in [5.74, 6) is 0.261. The molecule has 0 amide bonds. The Kier molecular flexibility index (Phi) is 5.37. The fourth-order valence-electron chi connectivity index (χ4n) is 2.23. The maximum absolute atomic E-state index is 12.1. The molecule has 3 aromatic rings. The molecule has 0 radical (unpaired) electrons. The van der Waals surface area contributed by atoms with Crippen molar-refractivity contribution in [2.75, 3.05) is 7.11 Å². The predicted octanol–water partition coefficient (Wildman–Crippen LogP) is 3.84. The van der Waals surface area contributed by atoms with E-state index in [4.69, 9.17) is 14.2 Å². The molecule has 0 saturated heterocycles. The molecule has 1 N–H and O–H groups in total. The van der Waals surface area contributed by atoms with Gasteiger partial charge in [-0.1, -0.05) is 0 Å². The normalized spacial score (nSPS) is 10.1. The molecular weight excluding hydrogens is 348 g/mol. The molecular formula is C21H16O6. The van der Waals surface area contributed by atoms with Gasteiger partial charge >= 0.3 is 11.9 Å². The van der Waals surface area contributed by atoms with Gasteiger partial charge in [0.1, 0.15) is 23.0 Å². The topological polar surface area (TPSA) is 82.1 Å². The molecule has 0 bridgehead atoms. The number of aromatic hydroxyl groups is 1. The number of phenols is 1. The van der Waals surface area contributed by atoms with Crippen LogP contribution in [0.15, 0.2) is 72.8 Å². The van der Waals surface area contributed by atoms with E-state index in [9.17, 15) is 14.7 Å². The summed E-state index contributed by atoms with van der Waals surface area (Å²) < 4.78 is 15.5. The third kappa shape index (κ3) is 4.64. The van der Waals surface area contributed by atoms with Crippen molar-refractivity contribution in [3.05, 3.63) is 83.9 Å². The Morgan fingerprint density at radius 3 is 1.41 bits per heavy atom. The molecule has 0 saturated carbocycles. The van der Waals surface area contributed by atoms with E-state index in [0.717, 1.165) is 0 Å². The molecule has 136 valence electrons. The summed E-state index contributed by atoms with van der Waals surface area (Å²) in [7, 11) is 1.54. The summed E-state index contributed by atoms with van der Waals surface area (Å²) in [4.78, 5) is 24.2. The van der Waals surface area contributed by atoms with E-state index in [1.165, 1.54) is 48.5 Å². The van der Waals surface area contributed by atoms with E-state index in [1.807, 2.05) is 0 Å². The van der Waals surface area contributed by atoms with E-state index in [1.54, 1.807) is 31.4 Å². The van der Waals surface area contributed by atoms with Crippen molar-refractivity contribution in [3.63, 3.8) is 0 Å². The molecule has 0 heterocycles. The molecule has 6 heteroatoms. The van der Waals surface area contributed by atoms with E-state index >= 15 is 0 Å². The highest BCUT2D eigenvalue weighted by atomic mass is 16.5. The van der Waals surface area contributed by atoms with Crippen molar-refractivity contribution in [2.24, 2.45) is 0 Å². The molecule has 0 aliphatic heterocycles. The second kappa shape index (κ2) is 8.05. The summed E-state index contributed by atoms with van der Waals surface area (Å²) in [5, 5.41) is 9.23. The zero-order valence-corrected chi connectivity index (χ0v) is 14.4. The molecule has 0 aliphatic rings. The third-order valence-electron chi connectivity index (χ3n) is 3.67. The number of benzene rings is 3. The average molecular weight is 364 g/mol. The van der Waals surface area contributed by atoms with Crippen LogP contribution in [-0.2, 0) is 0 Å². The molecule has 0 aromatic heterocycles. The minimum atomic E-state index is -0.561. The van der Waals surface area contributed by atoms with Crippen molar-refractivity contribution in [1.29, 1.82) is 0 Å². The quantitative estimate of drug-likeness (QED) is 0.547. The van der Waals surface area contributed by atoms with Crippen molar-refractivity contribution < 1.29 is 28.9 Å². The first-order chi connectivity index (χ1) is 13.0. The van der Waals surface area contributed by atoms with Crippen LogP contribution in [0.4, 0.5) is 0 Å². The lowest BCUT2D eigenvalue weighted by molar-refractivity contribution is 0.0730. The lowest BCUT2D eigenvalue weighted by atomic mass is 10.2. The Balaban J connectivity index is 1.62. The van der Waals surface area contributed by atoms with Gasteiger partial charge in [-0.3, -0.25) is 0 Å². The van der Waals surface area contributed by atoms with Crippen molar-refractivity contribution in [3.8, 4) is 23.0 Å². The number of methoxy groups -OCH3 is 1. The van der Waals surface area contributed by atoms with E-state index in [-0.39, 0.29) is 5.75 Å². The monoisotopic (exact) mass is 364 g/mol. The van der Waals surface area contributed by atoms with Crippen LogP contribution in [0.2, 0.25) is 0 Å². The summed E-state index contributed by atoms with van der Waals surface area (Å²) >= 11 is 0. The highest BCUT2D eigenvalue weighted by molar-refractivity contribution is 5.92. The van der Waals surface area contributed by atoms with Gasteiger partial charge < -0.3 is 19.3 Å². The van der Waals surface area contributed by atoms with Crippen LogP contribution in [0.1, 0.15) is 20.7 Å². The van der Waals surface area contributed by atoms with Crippen molar-refractivity contribution >= 4 is 11.9 Å². The van der Waals surface area contributed by atoms with Gasteiger partial charge in [-0.15, -0.1) is 0 Å².